The van der Waals surface area contributed by atoms with Gasteiger partial charge in [0.15, 0.2) is 0 Å². The summed E-state index contributed by atoms with van der Waals surface area (Å²) < 4.78 is 52.9. The molecule has 0 radical (unpaired) electrons. The number of hydrogen-bond donors (Lipinski definition) is 2. The van der Waals surface area contributed by atoms with E-state index in [-0.39, 0.29) is 10.9 Å². The summed E-state index contributed by atoms with van der Waals surface area (Å²) in [5, 5.41) is 8.83. The van der Waals surface area contributed by atoms with Crippen molar-refractivity contribution in [3.8, 4) is 0 Å². The van der Waals surface area contributed by atoms with Gasteiger partial charge in [-0.25, -0.2) is 21.9 Å². The molecule has 0 spiro atoms. The molecule has 1 aliphatic carbocycles. The van der Waals surface area contributed by atoms with Crippen molar-refractivity contribution in [3.63, 3.8) is 0 Å². The van der Waals surface area contributed by atoms with E-state index in [2.05, 4.69) is 20.7 Å². The molecule has 1 aliphatic rings. The van der Waals surface area contributed by atoms with Gasteiger partial charge in [0.1, 0.15) is 16.5 Å². The van der Waals surface area contributed by atoms with Crippen molar-refractivity contribution in [2.75, 3.05) is 0 Å². The van der Waals surface area contributed by atoms with E-state index in [4.69, 9.17) is 5.11 Å². The molecule has 1 aromatic rings. The number of halogens is 3. The van der Waals surface area contributed by atoms with Crippen molar-refractivity contribution in [3.05, 3.63) is 40.4 Å². The van der Waals surface area contributed by atoms with E-state index < -0.39 is 44.5 Å². The van der Waals surface area contributed by atoms with E-state index in [9.17, 15) is 22.0 Å². The number of sulfonamides is 1. The number of hydrogen-bond acceptors (Lipinski definition) is 3. The van der Waals surface area contributed by atoms with Gasteiger partial charge in [0.2, 0.25) is 10.0 Å². The van der Waals surface area contributed by atoms with E-state index in [0.717, 1.165) is 6.07 Å². The van der Waals surface area contributed by atoms with Gasteiger partial charge in [0.25, 0.3) is 0 Å². The van der Waals surface area contributed by atoms with Crippen LogP contribution < -0.4 is 4.72 Å². The molecule has 0 amide bonds. The van der Waals surface area contributed by atoms with Crippen molar-refractivity contribution in [1.82, 2.24) is 4.72 Å². The lowest BCUT2D eigenvalue weighted by atomic mass is 10.1. The van der Waals surface area contributed by atoms with Crippen molar-refractivity contribution in [1.29, 1.82) is 0 Å². The zero-order chi connectivity index (χ0) is 15.8. The smallest absolute Gasteiger partial charge is 0.310 e. The van der Waals surface area contributed by atoms with Crippen LogP contribution in [0.4, 0.5) is 8.78 Å². The Morgan fingerprint density at radius 2 is 2.00 bits per heavy atom. The topological polar surface area (TPSA) is 83.5 Å². The maximum atomic E-state index is 13.7. The molecule has 2 N–H and O–H groups in total. The Morgan fingerprint density at radius 1 is 1.33 bits per heavy atom. The molecule has 0 fully saturated rings. The van der Waals surface area contributed by atoms with Gasteiger partial charge in [-0.1, -0.05) is 12.2 Å². The second kappa shape index (κ2) is 5.82. The Morgan fingerprint density at radius 3 is 2.52 bits per heavy atom. The van der Waals surface area contributed by atoms with E-state index in [0.29, 0.717) is 6.07 Å². The third-order valence-corrected chi connectivity index (χ3v) is 5.39. The van der Waals surface area contributed by atoms with Gasteiger partial charge < -0.3 is 5.11 Å². The molecule has 0 aromatic heterocycles. The van der Waals surface area contributed by atoms with Crippen molar-refractivity contribution in [2.24, 2.45) is 5.92 Å². The predicted molar refractivity (Wildman–Crippen MR) is 73.1 cm³/mol. The van der Waals surface area contributed by atoms with Gasteiger partial charge >= 0.3 is 5.97 Å². The van der Waals surface area contributed by atoms with Gasteiger partial charge in [-0.05, 0) is 28.4 Å². The molecule has 0 bridgehead atoms. The Labute approximate surface area is 127 Å². The Hall–Kier alpha value is -1.32. The second-order valence-corrected chi connectivity index (χ2v) is 7.00. The highest BCUT2D eigenvalue weighted by atomic mass is 79.9. The number of carbonyl (C=O) groups is 1. The maximum Gasteiger partial charge on any atom is 0.310 e. The molecule has 0 saturated heterocycles. The minimum Gasteiger partial charge on any atom is -0.481 e. The largest absolute Gasteiger partial charge is 0.481 e. The Bertz CT molecular complexity index is 697. The summed E-state index contributed by atoms with van der Waals surface area (Å²) >= 11 is 2.81. The number of carboxylic acid groups (broad SMARTS) is 1. The number of benzene rings is 1. The minimum atomic E-state index is -4.25. The van der Waals surface area contributed by atoms with Crippen LogP contribution in [0.1, 0.15) is 6.42 Å². The molecule has 2 rings (SSSR count). The van der Waals surface area contributed by atoms with Crippen LogP contribution in [0.2, 0.25) is 0 Å². The fourth-order valence-electron chi connectivity index (χ4n) is 2.01. The second-order valence-electron chi connectivity index (χ2n) is 4.49. The lowest BCUT2D eigenvalue weighted by Gasteiger charge is -2.14. The van der Waals surface area contributed by atoms with Gasteiger partial charge in [0.05, 0.1) is 5.92 Å². The average molecular weight is 382 g/mol. The Balaban J connectivity index is 2.25. The van der Waals surface area contributed by atoms with E-state index in [1.807, 2.05) is 0 Å². The summed E-state index contributed by atoms with van der Waals surface area (Å²) in [7, 11) is -4.25. The maximum absolute atomic E-state index is 13.7. The summed E-state index contributed by atoms with van der Waals surface area (Å²) in [6.45, 7) is 0. The average Bonchev–Trinajstić information content (AvgIpc) is 2.74. The van der Waals surface area contributed by atoms with Crippen LogP contribution >= 0.6 is 15.9 Å². The number of nitrogens with one attached hydrogen (secondary N) is 1. The molecule has 0 heterocycles. The zero-order valence-electron chi connectivity index (χ0n) is 10.4. The van der Waals surface area contributed by atoms with Crippen LogP contribution in [0.15, 0.2) is 33.7 Å². The first-order valence-electron chi connectivity index (χ1n) is 5.78. The molecule has 0 aliphatic heterocycles. The van der Waals surface area contributed by atoms with Crippen LogP contribution in [0.25, 0.3) is 0 Å². The van der Waals surface area contributed by atoms with Crippen LogP contribution in [0, 0.1) is 17.6 Å². The normalized spacial score (nSPS) is 21.7. The summed E-state index contributed by atoms with van der Waals surface area (Å²) in [6.07, 6.45) is 2.80. The van der Waals surface area contributed by atoms with Crippen LogP contribution in [0.5, 0.6) is 0 Å². The molecular formula is C12H10BrF2NO4S. The third kappa shape index (κ3) is 3.47. The fourth-order valence-corrected chi connectivity index (χ4v) is 4.38. The summed E-state index contributed by atoms with van der Waals surface area (Å²) in [4.78, 5) is 10.1. The fraction of sp³-hybridized carbons (Fsp3) is 0.250. The summed E-state index contributed by atoms with van der Waals surface area (Å²) in [6, 6.07) is 0.541. The van der Waals surface area contributed by atoms with E-state index in [1.54, 1.807) is 0 Å². The van der Waals surface area contributed by atoms with Crippen LogP contribution in [-0.2, 0) is 14.8 Å². The highest BCUT2D eigenvalue weighted by molar-refractivity contribution is 9.10. The molecular weight excluding hydrogens is 372 g/mol. The molecule has 2 unspecified atom stereocenters. The lowest BCUT2D eigenvalue weighted by Crippen LogP contribution is -2.34. The third-order valence-electron chi connectivity index (χ3n) is 2.94. The quantitative estimate of drug-likeness (QED) is 0.781. The van der Waals surface area contributed by atoms with Crippen LogP contribution in [-0.4, -0.2) is 25.5 Å². The first-order valence-corrected chi connectivity index (χ1v) is 8.06. The first kappa shape index (κ1) is 16.1. The molecule has 2 atom stereocenters. The summed E-state index contributed by atoms with van der Waals surface area (Å²) in [5.41, 5.74) is 0. The van der Waals surface area contributed by atoms with E-state index >= 15 is 0 Å². The standard InChI is InChI=1S/C12H10BrF2NO4S/c13-9-4-7(14)5-10(15)11(9)21(19,20)16-8-2-1-6(3-8)12(17)18/h1-2,4-6,8,16H,3H2,(H,17,18). The molecule has 9 heteroatoms. The highest BCUT2D eigenvalue weighted by Crippen LogP contribution is 2.27. The molecule has 5 nitrogen and oxygen atoms in total. The SMILES string of the molecule is O=C(O)C1C=CC(NS(=O)(=O)c2c(F)cc(F)cc2Br)C1. The van der Waals surface area contributed by atoms with Crippen molar-refractivity contribution >= 4 is 31.9 Å². The first-order chi connectivity index (χ1) is 9.70. The number of aliphatic carboxylic acids is 1. The zero-order valence-corrected chi connectivity index (χ0v) is 12.8. The molecule has 0 saturated carbocycles. The lowest BCUT2D eigenvalue weighted by molar-refractivity contribution is -0.140. The number of rotatable bonds is 4. The number of carboxylic acids is 1. The molecule has 114 valence electrons. The summed E-state index contributed by atoms with van der Waals surface area (Å²) in [5.74, 6) is -4.00. The van der Waals surface area contributed by atoms with Crippen LogP contribution in [0.3, 0.4) is 0 Å². The van der Waals surface area contributed by atoms with E-state index in [1.165, 1.54) is 12.2 Å². The monoisotopic (exact) mass is 381 g/mol. The van der Waals surface area contributed by atoms with Crippen molar-refractivity contribution in [2.45, 2.75) is 17.4 Å². The van der Waals surface area contributed by atoms with Gasteiger partial charge in [-0.3, -0.25) is 4.79 Å². The minimum absolute atomic E-state index is 0.0367. The molecule has 21 heavy (non-hydrogen) atoms. The Kier molecular flexibility index (Phi) is 4.45. The molecule has 1 aromatic carbocycles. The predicted octanol–water partition coefficient (Wildman–Crippen LogP) is 2.03. The van der Waals surface area contributed by atoms with Gasteiger partial charge in [-0.15, -0.1) is 0 Å². The van der Waals surface area contributed by atoms with Crippen molar-refractivity contribution < 1.29 is 27.1 Å². The van der Waals surface area contributed by atoms with Gasteiger partial charge in [-0.2, -0.15) is 0 Å². The van der Waals surface area contributed by atoms with Gasteiger partial charge in [0, 0.05) is 16.6 Å². The highest BCUT2D eigenvalue weighted by Gasteiger charge is 2.30.